The molecule has 0 spiro atoms. The number of hydrogen-bond acceptors (Lipinski definition) is 2. The molecule has 0 heterocycles. The van der Waals surface area contributed by atoms with Gasteiger partial charge in [0.15, 0.2) is 0 Å². The third kappa shape index (κ3) is 4.20. The molecule has 84 valence electrons. The average Bonchev–Trinajstić information content (AvgIpc) is 2.25. The van der Waals surface area contributed by atoms with Gasteiger partial charge in [0.1, 0.15) is 0 Å². The molecule has 0 radical (unpaired) electrons. The highest BCUT2D eigenvalue weighted by atomic mass is 35.5. The van der Waals surface area contributed by atoms with Gasteiger partial charge in [-0.05, 0) is 25.5 Å². The first-order chi connectivity index (χ1) is 7.25. The summed E-state index contributed by atoms with van der Waals surface area (Å²) in [6.45, 7) is 6.46. The van der Waals surface area contributed by atoms with Gasteiger partial charge in [-0.1, -0.05) is 29.8 Å². The van der Waals surface area contributed by atoms with Crippen LogP contribution in [-0.2, 0) is 4.74 Å². The van der Waals surface area contributed by atoms with Crippen LogP contribution in [0.5, 0.6) is 0 Å². The van der Waals surface area contributed by atoms with Crippen molar-refractivity contribution < 1.29 is 4.74 Å². The van der Waals surface area contributed by atoms with Gasteiger partial charge >= 0.3 is 0 Å². The van der Waals surface area contributed by atoms with Crippen LogP contribution in [0.4, 0.5) is 0 Å². The summed E-state index contributed by atoms with van der Waals surface area (Å²) in [6, 6.07) is 8.16. The van der Waals surface area contributed by atoms with Crippen LogP contribution < -0.4 is 5.32 Å². The Morgan fingerprint density at radius 1 is 1.40 bits per heavy atom. The summed E-state index contributed by atoms with van der Waals surface area (Å²) in [7, 11) is 0. The second-order valence-electron chi connectivity index (χ2n) is 3.39. The Hall–Kier alpha value is -0.570. The van der Waals surface area contributed by atoms with Crippen LogP contribution in [0.2, 0.25) is 5.02 Å². The number of hydrogen-bond donors (Lipinski definition) is 1. The van der Waals surface area contributed by atoms with Crippen LogP contribution in [-0.4, -0.2) is 19.8 Å². The van der Waals surface area contributed by atoms with Crippen molar-refractivity contribution in [3.8, 4) is 0 Å². The van der Waals surface area contributed by atoms with Crippen molar-refractivity contribution in [2.75, 3.05) is 19.8 Å². The molecule has 2 nitrogen and oxygen atoms in total. The molecule has 1 rings (SSSR count). The molecule has 3 heteroatoms. The van der Waals surface area contributed by atoms with Crippen LogP contribution in [0.15, 0.2) is 24.3 Å². The summed E-state index contributed by atoms with van der Waals surface area (Å²) in [5.74, 6) is 0. The van der Waals surface area contributed by atoms with Crippen LogP contribution in [0, 0.1) is 0 Å². The smallest absolute Gasteiger partial charge is 0.0590 e. The second-order valence-corrected chi connectivity index (χ2v) is 3.80. The van der Waals surface area contributed by atoms with E-state index in [9.17, 15) is 0 Å². The van der Waals surface area contributed by atoms with Gasteiger partial charge in [-0.25, -0.2) is 0 Å². The van der Waals surface area contributed by atoms with Crippen molar-refractivity contribution in [2.45, 2.75) is 19.9 Å². The minimum atomic E-state index is 0.263. The minimum Gasteiger partial charge on any atom is -0.380 e. The Bertz CT molecular complexity index is 291. The van der Waals surface area contributed by atoms with E-state index in [4.69, 9.17) is 16.3 Å². The van der Waals surface area contributed by atoms with Crippen LogP contribution in [0.3, 0.4) is 0 Å². The van der Waals surface area contributed by atoms with E-state index in [2.05, 4.69) is 12.2 Å². The lowest BCUT2D eigenvalue weighted by atomic mass is 10.1. The molecule has 0 aliphatic rings. The highest BCUT2D eigenvalue weighted by molar-refractivity contribution is 6.31. The molecular weight excluding hydrogens is 210 g/mol. The highest BCUT2D eigenvalue weighted by Crippen LogP contribution is 2.21. The maximum absolute atomic E-state index is 6.09. The molecule has 0 aromatic heterocycles. The molecule has 0 saturated carbocycles. The zero-order valence-corrected chi connectivity index (χ0v) is 10.1. The molecule has 1 aromatic carbocycles. The lowest BCUT2D eigenvalue weighted by Gasteiger charge is -2.15. The van der Waals surface area contributed by atoms with E-state index < -0.39 is 0 Å². The quantitative estimate of drug-likeness (QED) is 0.755. The Labute approximate surface area is 96.6 Å². The van der Waals surface area contributed by atoms with Crippen molar-refractivity contribution in [1.29, 1.82) is 0 Å². The first kappa shape index (κ1) is 12.5. The summed E-state index contributed by atoms with van der Waals surface area (Å²) in [6.07, 6.45) is 0. The Morgan fingerprint density at radius 2 is 2.13 bits per heavy atom. The fraction of sp³-hybridized carbons (Fsp3) is 0.500. The predicted octanol–water partition coefficient (Wildman–Crippen LogP) is 3.03. The molecule has 1 atom stereocenters. The summed E-state index contributed by atoms with van der Waals surface area (Å²) in [4.78, 5) is 0. The van der Waals surface area contributed by atoms with E-state index in [1.54, 1.807) is 0 Å². The van der Waals surface area contributed by atoms with Crippen molar-refractivity contribution in [1.82, 2.24) is 5.32 Å². The maximum Gasteiger partial charge on any atom is 0.0590 e. The first-order valence-electron chi connectivity index (χ1n) is 5.31. The lowest BCUT2D eigenvalue weighted by molar-refractivity contribution is 0.147. The number of benzene rings is 1. The van der Waals surface area contributed by atoms with Gasteiger partial charge in [0.05, 0.1) is 6.61 Å². The first-order valence-corrected chi connectivity index (χ1v) is 5.69. The number of ether oxygens (including phenoxy) is 1. The summed E-state index contributed by atoms with van der Waals surface area (Å²) in [5.41, 5.74) is 1.13. The minimum absolute atomic E-state index is 0.263. The molecular formula is C12H18ClNO. The normalized spacial score (nSPS) is 12.7. The molecule has 0 aliphatic heterocycles. The van der Waals surface area contributed by atoms with E-state index in [1.165, 1.54) is 0 Å². The topological polar surface area (TPSA) is 21.3 Å². The maximum atomic E-state index is 6.09. The fourth-order valence-corrected chi connectivity index (χ4v) is 1.73. The van der Waals surface area contributed by atoms with E-state index in [0.29, 0.717) is 0 Å². The summed E-state index contributed by atoms with van der Waals surface area (Å²) in [5, 5.41) is 4.18. The van der Waals surface area contributed by atoms with Gasteiger partial charge in [0.25, 0.3) is 0 Å². The fourth-order valence-electron chi connectivity index (χ4n) is 1.43. The van der Waals surface area contributed by atoms with Gasteiger partial charge in [-0.15, -0.1) is 0 Å². The van der Waals surface area contributed by atoms with Gasteiger partial charge < -0.3 is 10.1 Å². The molecule has 0 bridgehead atoms. The van der Waals surface area contributed by atoms with Gasteiger partial charge in [-0.2, -0.15) is 0 Å². The third-order valence-electron chi connectivity index (χ3n) is 2.27. The van der Waals surface area contributed by atoms with Crippen molar-refractivity contribution in [2.24, 2.45) is 0 Å². The molecule has 0 amide bonds. The second kappa shape index (κ2) is 6.83. The number of nitrogens with one attached hydrogen (secondary N) is 1. The van der Waals surface area contributed by atoms with E-state index >= 15 is 0 Å². The Balaban J connectivity index is 2.40. The molecule has 1 aromatic rings. The molecule has 1 N–H and O–H groups in total. The lowest BCUT2D eigenvalue weighted by Crippen LogP contribution is -2.23. The van der Waals surface area contributed by atoms with Crippen molar-refractivity contribution in [3.63, 3.8) is 0 Å². The van der Waals surface area contributed by atoms with E-state index in [-0.39, 0.29) is 6.04 Å². The van der Waals surface area contributed by atoms with Gasteiger partial charge in [0.2, 0.25) is 0 Å². The summed E-state index contributed by atoms with van der Waals surface area (Å²) < 4.78 is 5.25. The van der Waals surface area contributed by atoms with Gasteiger partial charge in [0, 0.05) is 24.2 Å². The van der Waals surface area contributed by atoms with E-state index in [0.717, 1.165) is 30.3 Å². The third-order valence-corrected chi connectivity index (χ3v) is 2.62. The van der Waals surface area contributed by atoms with Gasteiger partial charge in [-0.3, -0.25) is 0 Å². The number of rotatable bonds is 6. The van der Waals surface area contributed by atoms with E-state index in [1.807, 2.05) is 31.2 Å². The Morgan fingerprint density at radius 3 is 2.80 bits per heavy atom. The Kier molecular flexibility index (Phi) is 5.69. The zero-order chi connectivity index (χ0) is 11.1. The number of halogens is 1. The van der Waals surface area contributed by atoms with Crippen LogP contribution >= 0.6 is 11.6 Å². The molecule has 0 aliphatic carbocycles. The zero-order valence-electron chi connectivity index (χ0n) is 9.29. The largest absolute Gasteiger partial charge is 0.380 e. The van der Waals surface area contributed by atoms with Crippen LogP contribution in [0.1, 0.15) is 25.5 Å². The van der Waals surface area contributed by atoms with Crippen LogP contribution in [0.25, 0.3) is 0 Å². The molecule has 0 saturated heterocycles. The molecule has 15 heavy (non-hydrogen) atoms. The average molecular weight is 228 g/mol. The standard InChI is InChI=1S/C12H18ClNO/c1-3-15-9-8-14-10(2)11-6-4-5-7-12(11)13/h4-7,10,14H,3,8-9H2,1-2H3/t10-/m1/s1. The molecule has 0 fully saturated rings. The molecule has 0 unspecified atom stereocenters. The highest BCUT2D eigenvalue weighted by Gasteiger charge is 2.07. The SMILES string of the molecule is CCOCCN[C@H](C)c1ccccc1Cl. The van der Waals surface area contributed by atoms with Crippen molar-refractivity contribution in [3.05, 3.63) is 34.9 Å². The summed E-state index contributed by atoms with van der Waals surface area (Å²) >= 11 is 6.09. The van der Waals surface area contributed by atoms with Crippen molar-refractivity contribution >= 4 is 11.6 Å². The predicted molar refractivity (Wildman–Crippen MR) is 64.4 cm³/mol. The monoisotopic (exact) mass is 227 g/mol.